The van der Waals surface area contributed by atoms with Gasteiger partial charge in [-0.3, -0.25) is 10.1 Å². The lowest BCUT2D eigenvalue weighted by Gasteiger charge is -1.95. The average Bonchev–Trinajstić information content (AvgIpc) is 2.82. The van der Waals surface area contributed by atoms with Gasteiger partial charge in [0.2, 0.25) is 0 Å². The molecule has 0 radical (unpaired) electrons. The lowest BCUT2D eigenvalue weighted by atomic mass is 10.1. The van der Waals surface area contributed by atoms with Crippen molar-refractivity contribution in [1.29, 1.82) is 0 Å². The van der Waals surface area contributed by atoms with Crippen LogP contribution in [0.3, 0.4) is 0 Å². The highest BCUT2D eigenvalue weighted by molar-refractivity contribution is 5.82. The second kappa shape index (κ2) is 4.00. The van der Waals surface area contributed by atoms with E-state index in [-0.39, 0.29) is 5.69 Å². The molecule has 0 bridgehead atoms. The second-order valence-corrected chi connectivity index (χ2v) is 3.95. The lowest BCUT2D eigenvalue weighted by molar-refractivity contribution is -0.384. The summed E-state index contributed by atoms with van der Waals surface area (Å²) in [6.07, 6.45) is 0. The highest BCUT2D eigenvalue weighted by atomic mass is 16.6. The molecule has 1 aromatic heterocycles. The number of para-hydroxylation sites is 1. The van der Waals surface area contributed by atoms with E-state index in [1.54, 1.807) is 12.1 Å². The minimum atomic E-state index is -0.414. The van der Waals surface area contributed by atoms with Gasteiger partial charge in [-0.05, 0) is 24.3 Å². The molecular formula is C14H9NO3. The van der Waals surface area contributed by atoms with E-state index in [2.05, 4.69) is 0 Å². The first-order chi connectivity index (χ1) is 8.74. The largest absolute Gasteiger partial charge is 0.456 e. The van der Waals surface area contributed by atoms with Crippen LogP contribution < -0.4 is 0 Å². The van der Waals surface area contributed by atoms with Crippen LogP contribution in [0.5, 0.6) is 0 Å². The molecular weight excluding hydrogens is 230 g/mol. The molecule has 0 amide bonds. The van der Waals surface area contributed by atoms with Gasteiger partial charge in [-0.15, -0.1) is 0 Å². The van der Waals surface area contributed by atoms with Crippen LogP contribution in [0.25, 0.3) is 22.3 Å². The zero-order valence-corrected chi connectivity index (χ0v) is 9.37. The van der Waals surface area contributed by atoms with Crippen LogP contribution in [0.1, 0.15) is 0 Å². The summed E-state index contributed by atoms with van der Waals surface area (Å²) in [6.45, 7) is 0. The molecule has 0 N–H and O–H groups in total. The Hall–Kier alpha value is -2.62. The molecule has 18 heavy (non-hydrogen) atoms. The van der Waals surface area contributed by atoms with Gasteiger partial charge in [0.15, 0.2) is 0 Å². The molecule has 0 saturated heterocycles. The quantitative estimate of drug-likeness (QED) is 0.501. The van der Waals surface area contributed by atoms with Gasteiger partial charge in [-0.1, -0.05) is 18.2 Å². The molecule has 88 valence electrons. The van der Waals surface area contributed by atoms with Crippen molar-refractivity contribution in [2.45, 2.75) is 0 Å². The second-order valence-electron chi connectivity index (χ2n) is 3.95. The average molecular weight is 239 g/mol. The molecule has 0 saturated carbocycles. The summed E-state index contributed by atoms with van der Waals surface area (Å²) >= 11 is 0. The minimum Gasteiger partial charge on any atom is -0.456 e. The molecule has 0 fully saturated rings. The fraction of sp³-hybridized carbons (Fsp3) is 0. The summed E-state index contributed by atoms with van der Waals surface area (Å²) in [7, 11) is 0. The smallest absolute Gasteiger partial charge is 0.269 e. The molecule has 3 rings (SSSR count). The zero-order valence-electron chi connectivity index (χ0n) is 9.37. The fourth-order valence-corrected chi connectivity index (χ4v) is 1.87. The van der Waals surface area contributed by atoms with Crippen molar-refractivity contribution in [2.75, 3.05) is 0 Å². The summed E-state index contributed by atoms with van der Waals surface area (Å²) in [4.78, 5) is 10.2. The molecule has 3 aromatic rings. The van der Waals surface area contributed by atoms with Crippen LogP contribution in [-0.2, 0) is 0 Å². The predicted molar refractivity (Wildman–Crippen MR) is 68.3 cm³/mol. The van der Waals surface area contributed by atoms with Crippen molar-refractivity contribution in [1.82, 2.24) is 0 Å². The summed E-state index contributed by atoms with van der Waals surface area (Å²) in [5.74, 6) is 0.714. The van der Waals surface area contributed by atoms with Crippen molar-refractivity contribution in [2.24, 2.45) is 0 Å². The van der Waals surface area contributed by atoms with E-state index in [1.807, 2.05) is 30.3 Å². The Morgan fingerprint density at radius 1 is 1.00 bits per heavy atom. The van der Waals surface area contributed by atoms with Gasteiger partial charge in [0.1, 0.15) is 11.3 Å². The van der Waals surface area contributed by atoms with Gasteiger partial charge in [-0.25, -0.2) is 0 Å². The van der Waals surface area contributed by atoms with Crippen molar-refractivity contribution in [3.8, 4) is 11.3 Å². The molecule has 0 aliphatic rings. The molecule has 0 atom stereocenters. The van der Waals surface area contributed by atoms with Crippen molar-refractivity contribution < 1.29 is 9.34 Å². The SMILES string of the molecule is O=[N+]([O-])c1ccc(-c2cc3ccccc3o2)cc1. The Labute approximate surface area is 103 Å². The van der Waals surface area contributed by atoms with Gasteiger partial charge in [-0.2, -0.15) is 0 Å². The van der Waals surface area contributed by atoms with E-state index in [0.29, 0.717) is 5.76 Å². The van der Waals surface area contributed by atoms with E-state index >= 15 is 0 Å². The standard InChI is InChI=1S/C14H9NO3/c16-15(17)12-7-5-10(6-8-12)14-9-11-3-1-2-4-13(11)18-14/h1-9H. The maximum Gasteiger partial charge on any atom is 0.269 e. The van der Waals surface area contributed by atoms with Gasteiger partial charge in [0.25, 0.3) is 5.69 Å². The summed E-state index contributed by atoms with van der Waals surface area (Å²) < 4.78 is 5.68. The van der Waals surface area contributed by atoms with E-state index < -0.39 is 4.92 Å². The number of hydrogen-bond donors (Lipinski definition) is 0. The van der Waals surface area contributed by atoms with E-state index in [4.69, 9.17) is 4.42 Å². The van der Waals surface area contributed by atoms with Crippen LogP contribution in [0, 0.1) is 10.1 Å². The third-order valence-corrected chi connectivity index (χ3v) is 2.79. The fourth-order valence-electron chi connectivity index (χ4n) is 1.87. The number of nitrogens with zero attached hydrogens (tertiary/aromatic N) is 1. The van der Waals surface area contributed by atoms with Crippen molar-refractivity contribution in [3.05, 3.63) is 64.7 Å². The number of fused-ring (bicyclic) bond motifs is 1. The van der Waals surface area contributed by atoms with E-state index in [1.165, 1.54) is 12.1 Å². The Balaban J connectivity index is 2.06. The summed E-state index contributed by atoms with van der Waals surface area (Å²) in [5.41, 5.74) is 1.72. The molecule has 4 heteroatoms. The lowest BCUT2D eigenvalue weighted by Crippen LogP contribution is -1.86. The highest BCUT2D eigenvalue weighted by Crippen LogP contribution is 2.28. The van der Waals surface area contributed by atoms with Crippen LogP contribution in [-0.4, -0.2) is 4.92 Å². The number of nitro benzene ring substituents is 1. The molecule has 4 nitrogen and oxygen atoms in total. The summed E-state index contributed by atoms with van der Waals surface area (Å²) in [5, 5.41) is 11.6. The van der Waals surface area contributed by atoms with Crippen LogP contribution in [0.2, 0.25) is 0 Å². The third-order valence-electron chi connectivity index (χ3n) is 2.79. The Morgan fingerprint density at radius 3 is 2.39 bits per heavy atom. The number of benzene rings is 2. The van der Waals surface area contributed by atoms with Gasteiger partial charge < -0.3 is 4.42 Å². The number of non-ortho nitro benzene ring substituents is 1. The monoisotopic (exact) mass is 239 g/mol. The number of hydrogen-bond acceptors (Lipinski definition) is 3. The van der Waals surface area contributed by atoms with Crippen molar-refractivity contribution >= 4 is 16.7 Å². The normalized spacial score (nSPS) is 10.7. The maximum atomic E-state index is 10.6. The van der Waals surface area contributed by atoms with Gasteiger partial charge in [0.05, 0.1) is 4.92 Å². The van der Waals surface area contributed by atoms with Gasteiger partial charge >= 0.3 is 0 Å². The Bertz CT molecular complexity index is 680. The Morgan fingerprint density at radius 2 is 1.72 bits per heavy atom. The first-order valence-corrected chi connectivity index (χ1v) is 5.47. The zero-order chi connectivity index (χ0) is 12.5. The predicted octanol–water partition coefficient (Wildman–Crippen LogP) is 4.01. The van der Waals surface area contributed by atoms with Crippen LogP contribution >= 0.6 is 0 Å². The minimum absolute atomic E-state index is 0.0786. The number of furan rings is 1. The maximum absolute atomic E-state index is 10.6. The summed E-state index contributed by atoms with van der Waals surface area (Å²) in [6, 6.07) is 16.0. The van der Waals surface area contributed by atoms with Crippen LogP contribution in [0.15, 0.2) is 59.0 Å². The number of nitro groups is 1. The molecule has 0 unspecified atom stereocenters. The van der Waals surface area contributed by atoms with E-state index in [9.17, 15) is 10.1 Å². The van der Waals surface area contributed by atoms with Gasteiger partial charge in [0, 0.05) is 23.1 Å². The van der Waals surface area contributed by atoms with Crippen LogP contribution in [0.4, 0.5) is 5.69 Å². The molecule has 0 aliphatic heterocycles. The van der Waals surface area contributed by atoms with E-state index in [0.717, 1.165) is 16.5 Å². The molecule has 1 heterocycles. The first-order valence-electron chi connectivity index (χ1n) is 5.47. The topological polar surface area (TPSA) is 56.3 Å². The number of rotatable bonds is 2. The first kappa shape index (κ1) is 10.5. The highest BCUT2D eigenvalue weighted by Gasteiger charge is 2.08. The van der Waals surface area contributed by atoms with Crippen molar-refractivity contribution in [3.63, 3.8) is 0 Å². The third kappa shape index (κ3) is 1.73. The molecule has 0 spiro atoms. The molecule has 0 aliphatic carbocycles. The molecule has 2 aromatic carbocycles. The Kier molecular flexibility index (Phi) is 2.34.